The van der Waals surface area contributed by atoms with Gasteiger partial charge in [-0.05, 0) is 40.5 Å². The van der Waals surface area contributed by atoms with Crippen LogP contribution in [-0.2, 0) is 9.31 Å². The molecule has 1 atom stereocenters. The highest BCUT2D eigenvalue weighted by atomic mass is 16.7. The van der Waals surface area contributed by atoms with Crippen LogP contribution in [0.2, 0.25) is 0 Å². The third kappa shape index (κ3) is 3.06. The van der Waals surface area contributed by atoms with Crippen LogP contribution < -0.4 is 10.4 Å². The van der Waals surface area contributed by atoms with E-state index in [9.17, 15) is 0 Å². The smallest absolute Gasteiger partial charge is 0.399 e. The van der Waals surface area contributed by atoms with E-state index >= 15 is 0 Å². The molecule has 1 aromatic heterocycles. The molecule has 0 aliphatic carbocycles. The number of hydrogen-bond donors (Lipinski definition) is 0. The van der Waals surface area contributed by atoms with Crippen LogP contribution in [0.3, 0.4) is 0 Å². The Kier molecular flexibility index (Phi) is 4.07. The molecule has 122 valence electrons. The summed E-state index contributed by atoms with van der Waals surface area (Å²) in [6.07, 6.45) is 5.49. The van der Waals surface area contributed by atoms with Crippen molar-refractivity contribution in [2.75, 3.05) is 18.0 Å². The van der Waals surface area contributed by atoms with Gasteiger partial charge in [-0.2, -0.15) is 5.26 Å². The highest BCUT2D eigenvalue weighted by molar-refractivity contribution is 6.61. The average molecular weight is 314 g/mol. The van der Waals surface area contributed by atoms with Crippen molar-refractivity contribution in [2.45, 2.75) is 51.7 Å². The first-order valence-corrected chi connectivity index (χ1v) is 8.14. The third-order valence-electron chi connectivity index (χ3n) is 5.07. The lowest BCUT2D eigenvalue weighted by molar-refractivity contribution is 0.00578. The molecular formula is C16H23BN4O2. The lowest BCUT2D eigenvalue weighted by Gasteiger charge is -2.32. The van der Waals surface area contributed by atoms with Crippen LogP contribution in [0.15, 0.2) is 12.4 Å². The number of rotatable bonds is 2. The normalized spacial score (nSPS) is 26.1. The summed E-state index contributed by atoms with van der Waals surface area (Å²) in [7, 11) is -0.442. The fourth-order valence-corrected chi connectivity index (χ4v) is 2.86. The standard InChI is InChI=1S/C16H23BN4O2/c1-15(2)16(3,4)23-17(22-15)13-9-19-14(20-10-13)21-7-5-6-12(8-18)11-21/h9-10,12H,5-7,11H2,1-4H3. The molecule has 2 fully saturated rings. The van der Waals surface area contributed by atoms with Gasteiger partial charge in [-0.15, -0.1) is 0 Å². The minimum atomic E-state index is -0.442. The van der Waals surface area contributed by atoms with Crippen molar-refractivity contribution in [1.29, 1.82) is 5.26 Å². The topological polar surface area (TPSA) is 71.3 Å². The monoisotopic (exact) mass is 314 g/mol. The summed E-state index contributed by atoms with van der Waals surface area (Å²) in [5, 5.41) is 9.09. The summed E-state index contributed by atoms with van der Waals surface area (Å²) in [6.45, 7) is 9.70. The van der Waals surface area contributed by atoms with E-state index in [1.54, 1.807) is 12.4 Å². The van der Waals surface area contributed by atoms with Gasteiger partial charge in [0.15, 0.2) is 0 Å². The number of anilines is 1. The SMILES string of the molecule is CC1(C)OB(c2cnc(N3CCCC(C#N)C3)nc2)OC1(C)C. The van der Waals surface area contributed by atoms with E-state index in [0.717, 1.165) is 24.8 Å². The number of aromatic nitrogens is 2. The molecule has 0 saturated carbocycles. The minimum Gasteiger partial charge on any atom is -0.399 e. The van der Waals surface area contributed by atoms with Crippen molar-refractivity contribution in [3.05, 3.63) is 12.4 Å². The van der Waals surface area contributed by atoms with E-state index in [1.165, 1.54) is 0 Å². The van der Waals surface area contributed by atoms with Crippen molar-refractivity contribution >= 4 is 18.5 Å². The molecule has 6 nitrogen and oxygen atoms in total. The molecule has 0 aromatic carbocycles. The molecule has 0 bridgehead atoms. The second-order valence-electron chi connectivity index (χ2n) is 7.32. The fourth-order valence-electron chi connectivity index (χ4n) is 2.86. The van der Waals surface area contributed by atoms with Gasteiger partial charge in [-0.25, -0.2) is 9.97 Å². The molecule has 0 spiro atoms. The van der Waals surface area contributed by atoms with Gasteiger partial charge in [0.25, 0.3) is 0 Å². The van der Waals surface area contributed by atoms with Crippen LogP contribution in [0.4, 0.5) is 5.95 Å². The predicted octanol–water partition coefficient (Wildman–Crippen LogP) is 1.52. The van der Waals surface area contributed by atoms with Crippen molar-refractivity contribution in [3.8, 4) is 6.07 Å². The van der Waals surface area contributed by atoms with E-state index in [2.05, 4.69) is 20.9 Å². The van der Waals surface area contributed by atoms with Gasteiger partial charge < -0.3 is 14.2 Å². The van der Waals surface area contributed by atoms with E-state index in [0.29, 0.717) is 12.5 Å². The van der Waals surface area contributed by atoms with Crippen LogP contribution in [0.1, 0.15) is 40.5 Å². The Morgan fingerprint density at radius 2 is 1.83 bits per heavy atom. The third-order valence-corrected chi connectivity index (χ3v) is 5.07. The molecule has 1 unspecified atom stereocenters. The molecule has 2 aliphatic rings. The van der Waals surface area contributed by atoms with E-state index in [4.69, 9.17) is 14.6 Å². The van der Waals surface area contributed by atoms with Gasteiger partial charge >= 0.3 is 7.12 Å². The number of hydrogen-bond acceptors (Lipinski definition) is 6. The van der Waals surface area contributed by atoms with Gasteiger partial charge in [-0.3, -0.25) is 0 Å². The summed E-state index contributed by atoms with van der Waals surface area (Å²) < 4.78 is 12.0. The lowest BCUT2D eigenvalue weighted by atomic mass is 9.81. The Balaban J connectivity index is 1.72. The lowest BCUT2D eigenvalue weighted by Crippen LogP contribution is -2.41. The zero-order chi connectivity index (χ0) is 16.7. The van der Waals surface area contributed by atoms with Crippen LogP contribution >= 0.6 is 0 Å². The van der Waals surface area contributed by atoms with E-state index in [1.807, 2.05) is 27.7 Å². The van der Waals surface area contributed by atoms with Crippen LogP contribution in [0, 0.1) is 17.2 Å². The molecule has 0 radical (unpaired) electrons. The first-order chi connectivity index (χ1) is 10.8. The maximum Gasteiger partial charge on any atom is 0.498 e. The highest BCUT2D eigenvalue weighted by Gasteiger charge is 2.52. The molecule has 23 heavy (non-hydrogen) atoms. The molecule has 0 amide bonds. The van der Waals surface area contributed by atoms with Crippen LogP contribution in [-0.4, -0.2) is 41.4 Å². The number of nitriles is 1. The molecule has 1 aromatic rings. The van der Waals surface area contributed by atoms with Crippen LogP contribution in [0.5, 0.6) is 0 Å². The molecular weight excluding hydrogens is 291 g/mol. The second-order valence-corrected chi connectivity index (χ2v) is 7.32. The van der Waals surface area contributed by atoms with E-state index in [-0.39, 0.29) is 17.1 Å². The Hall–Kier alpha value is -1.65. The summed E-state index contributed by atoms with van der Waals surface area (Å²) in [4.78, 5) is 11.0. The quantitative estimate of drug-likeness (QED) is 0.771. The molecule has 3 heterocycles. The van der Waals surface area contributed by atoms with Gasteiger partial charge in [0, 0.05) is 30.9 Å². The molecule has 2 saturated heterocycles. The Bertz CT molecular complexity index is 596. The largest absolute Gasteiger partial charge is 0.498 e. The summed E-state index contributed by atoms with van der Waals surface area (Å²) >= 11 is 0. The summed E-state index contributed by atoms with van der Waals surface area (Å²) in [5.74, 6) is 0.736. The van der Waals surface area contributed by atoms with Crippen molar-refractivity contribution in [2.24, 2.45) is 5.92 Å². The minimum absolute atomic E-state index is 0.0649. The van der Waals surface area contributed by atoms with Crippen molar-refractivity contribution in [3.63, 3.8) is 0 Å². The number of piperidine rings is 1. The van der Waals surface area contributed by atoms with Gasteiger partial charge in [0.05, 0.1) is 23.2 Å². The van der Waals surface area contributed by atoms with Gasteiger partial charge in [-0.1, -0.05) is 0 Å². The maximum atomic E-state index is 9.09. The van der Waals surface area contributed by atoms with Gasteiger partial charge in [0.1, 0.15) is 0 Å². The predicted molar refractivity (Wildman–Crippen MR) is 88.3 cm³/mol. The first kappa shape index (κ1) is 16.2. The maximum absolute atomic E-state index is 9.09. The summed E-state index contributed by atoms with van der Waals surface area (Å²) in [5.41, 5.74) is 0.0770. The molecule has 3 rings (SSSR count). The zero-order valence-electron chi connectivity index (χ0n) is 14.2. The molecule has 7 heteroatoms. The summed E-state index contributed by atoms with van der Waals surface area (Å²) in [6, 6.07) is 2.34. The van der Waals surface area contributed by atoms with Crippen molar-refractivity contribution < 1.29 is 9.31 Å². The fraction of sp³-hybridized carbons (Fsp3) is 0.688. The van der Waals surface area contributed by atoms with Gasteiger partial charge in [0.2, 0.25) is 5.95 Å². The number of nitrogens with zero attached hydrogens (tertiary/aromatic N) is 4. The average Bonchev–Trinajstić information content (AvgIpc) is 2.76. The molecule has 2 aliphatic heterocycles. The first-order valence-electron chi connectivity index (χ1n) is 8.14. The highest BCUT2D eigenvalue weighted by Crippen LogP contribution is 2.36. The molecule has 0 N–H and O–H groups in total. The van der Waals surface area contributed by atoms with Crippen molar-refractivity contribution in [1.82, 2.24) is 9.97 Å². The van der Waals surface area contributed by atoms with E-state index < -0.39 is 7.12 Å². The zero-order valence-corrected chi connectivity index (χ0v) is 14.2. The van der Waals surface area contributed by atoms with Crippen LogP contribution in [0.25, 0.3) is 0 Å². The Labute approximate surface area is 138 Å². The second kappa shape index (κ2) is 5.77. The Morgan fingerprint density at radius 3 is 2.39 bits per heavy atom. The Morgan fingerprint density at radius 1 is 1.22 bits per heavy atom.